The maximum absolute atomic E-state index is 13.2. The fourth-order valence-electron chi connectivity index (χ4n) is 10.2. The van der Waals surface area contributed by atoms with Crippen LogP contribution in [-0.2, 0) is 87.1 Å². The van der Waals surface area contributed by atoms with Crippen molar-refractivity contribution in [1.82, 2.24) is 9.80 Å². The molecule has 6 aromatic carbocycles. The number of ether oxygens (including phenoxy) is 8. The lowest BCUT2D eigenvalue weighted by Gasteiger charge is -2.48. The van der Waals surface area contributed by atoms with Crippen LogP contribution in [-0.4, -0.2) is 171 Å². The van der Waals surface area contributed by atoms with Crippen molar-refractivity contribution in [2.45, 2.75) is 108 Å². The summed E-state index contributed by atoms with van der Waals surface area (Å²) in [6.07, 6.45) is -4.37. The molecule has 2 fully saturated rings. The number of benzene rings is 6. The first-order valence-electron chi connectivity index (χ1n) is 29.0. The lowest BCUT2D eigenvalue weighted by atomic mass is 9.88. The number of methoxy groups -OCH3 is 2. The number of ketones is 1. The van der Waals surface area contributed by atoms with Gasteiger partial charge in [-0.3, -0.25) is 14.6 Å². The number of hydrogen-bond donors (Lipinski definition) is 4. The topological polar surface area (TPSA) is 195 Å². The van der Waals surface area contributed by atoms with Gasteiger partial charge in [-0.15, -0.1) is 0 Å². The van der Waals surface area contributed by atoms with E-state index in [2.05, 4.69) is 72.5 Å². The first-order chi connectivity index (χ1) is 41.0. The van der Waals surface area contributed by atoms with E-state index in [9.17, 15) is 24.9 Å². The van der Waals surface area contributed by atoms with Gasteiger partial charge in [0.15, 0.2) is 5.78 Å². The summed E-state index contributed by atoms with van der Waals surface area (Å²) in [5.74, 6) is -0.488. The van der Waals surface area contributed by atoms with Crippen molar-refractivity contribution >= 4 is 12.1 Å². The molecule has 0 aliphatic carbocycles. The standard InChI is InChI=1S/C31H39NO4.C28H30O5.C9H19NO5/c1-25-20-32(18-19-33-2)29(24-34-21-26-12-6-3-7-13-26)31(36-23-28-16-10-5-11-17-28)30(25)35-22-27-14-8-4-9-15-27;1-22(17-29)27(32-19-24-13-7-3-8-14-24)28(33-20-25-15-9-4-10-16-25)26(30)21-31-18-23-11-5-2-6-12-23;1-15-3-2-10-4-7(12)9(14)8(13)6(10)5-11/h3-17,25,29-31H,18-24H2,1-2H3;2-17,22,27-28H,18-21H2,1H3;6-9,11-14H,2-5H2,1H3/t25-,29+,30+,31+;22-,27+,28+;6-,7+,8-,9-/m001/s1. The average Bonchev–Trinajstić information content (AvgIpc) is 3.67. The Bertz CT molecular complexity index is 2650. The van der Waals surface area contributed by atoms with E-state index in [1.807, 2.05) is 121 Å². The van der Waals surface area contributed by atoms with Crippen molar-refractivity contribution in [3.63, 3.8) is 0 Å². The van der Waals surface area contributed by atoms with Gasteiger partial charge >= 0.3 is 0 Å². The number of carbonyl (C=O) groups excluding carboxylic acids is 2. The maximum Gasteiger partial charge on any atom is 0.189 e. The van der Waals surface area contributed by atoms with E-state index in [1.165, 1.54) is 11.1 Å². The summed E-state index contributed by atoms with van der Waals surface area (Å²) < 4.78 is 47.7. The SMILES string of the molecule is COCCN1C[C@H](C)[C@@H](OCc2ccccc2)[C@H](OCc2ccccc2)[C@H]1COCc1ccccc1.COCCN1C[C@H](O)[C@@H](O)[C@H](O)[C@H]1CO.C[C@@H](C=O)[C@@H](OCc1ccccc1)[C@H](OCc1ccccc1)C(=O)COCc1ccccc1. The van der Waals surface area contributed by atoms with Crippen LogP contribution in [0.5, 0.6) is 0 Å². The number of hydrogen-bond acceptors (Lipinski definition) is 16. The summed E-state index contributed by atoms with van der Waals surface area (Å²) in [5.41, 5.74) is 6.36. The molecule has 0 unspecified atom stereocenters. The second-order valence-corrected chi connectivity index (χ2v) is 21.3. The molecule has 0 radical (unpaired) electrons. The van der Waals surface area contributed by atoms with Crippen molar-refractivity contribution in [2.75, 3.05) is 73.4 Å². The Balaban J connectivity index is 0.000000218. The van der Waals surface area contributed by atoms with Gasteiger partial charge < -0.3 is 63.1 Å². The van der Waals surface area contributed by atoms with Crippen LogP contribution in [0.15, 0.2) is 182 Å². The van der Waals surface area contributed by atoms with E-state index in [1.54, 1.807) is 26.0 Å². The summed E-state index contributed by atoms with van der Waals surface area (Å²) in [4.78, 5) is 29.0. The van der Waals surface area contributed by atoms with Crippen LogP contribution in [0.1, 0.15) is 47.2 Å². The van der Waals surface area contributed by atoms with Gasteiger partial charge in [-0.2, -0.15) is 0 Å². The molecule has 0 bridgehead atoms. The summed E-state index contributed by atoms with van der Waals surface area (Å²) in [6.45, 7) is 10.3. The maximum atomic E-state index is 13.2. The van der Waals surface area contributed by atoms with E-state index >= 15 is 0 Å². The predicted octanol–water partition coefficient (Wildman–Crippen LogP) is 7.51. The molecule has 0 amide bonds. The molecule has 8 rings (SSSR count). The Morgan fingerprint density at radius 2 is 0.940 bits per heavy atom. The highest BCUT2D eigenvalue weighted by Crippen LogP contribution is 2.30. The highest BCUT2D eigenvalue weighted by molar-refractivity contribution is 5.85. The molecule has 2 aliphatic heterocycles. The van der Waals surface area contributed by atoms with Crippen molar-refractivity contribution in [3.8, 4) is 0 Å². The van der Waals surface area contributed by atoms with Gasteiger partial charge in [-0.25, -0.2) is 0 Å². The molecule has 16 nitrogen and oxygen atoms in total. The predicted molar refractivity (Wildman–Crippen MR) is 321 cm³/mol. The van der Waals surface area contributed by atoms with E-state index in [-0.39, 0.29) is 57.0 Å². The Labute approximate surface area is 496 Å². The smallest absolute Gasteiger partial charge is 0.189 e. The molecular weight excluding hydrogens is 1070 g/mol. The molecule has 4 N–H and O–H groups in total. The summed E-state index contributed by atoms with van der Waals surface area (Å²) in [5, 5.41) is 37.6. The fourth-order valence-corrected chi connectivity index (χ4v) is 10.2. The molecule has 0 spiro atoms. The lowest BCUT2D eigenvalue weighted by Crippen LogP contribution is -2.62. The van der Waals surface area contributed by atoms with Gasteiger partial charge in [0, 0.05) is 46.3 Å². The minimum atomic E-state index is -1.19. The van der Waals surface area contributed by atoms with Crippen LogP contribution in [0.25, 0.3) is 0 Å². The van der Waals surface area contributed by atoms with Crippen LogP contribution >= 0.6 is 0 Å². The fraction of sp³-hybridized carbons (Fsp3) is 0.441. The molecule has 2 aliphatic rings. The van der Waals surface area contributed by atoms with Crippen LogP contribution < -0.4 is 0 Å². The first kappa shape index (κ1) is 67.2. The van der Waals surface area contributed by atoms with Gasteiger partial charge in [0.05, 0.1) is 90.4 Å². The Kier molecular flexibility index (Phi) is 30.6. The number of β-amino-alcohol motifs (C(OH)–C–C–N with tert-alkyl or cyclic N) is 1. The molecule has 11 atom stereocenters. The molecule has 0 aromatic heterocycles. The van der Waals surface area contributed by atoms with Crippen LogP contribution in [0.3, 0.4) is 0 Å². The van der Waals surface area contributed by atoms with Gasteiger partial charge in [0.2, 0.25) is 0 Å². The number of aliphatic hydroxyl groups is 4. The largest absolute Gasteiger partial charge is 0.395 e. The zero-order valence-electron chi connectivity index (χ0n) is 49.1. The third-order valence-electron chi connectivity index (χ3n) is 14.9. The molecule has 2 saturated heterocycles. The third-order valence-corrected chi connectivity index (χ3v) is 14.9. The van der Waals surface area contributed by atoms with Crippen molar-refractivity contribution < 1.29 is 67.9 Å². The molecule has 84 heavy (non-hydrogen) atoms. The number of likely N-dealkylation sites (tertiary alicyclic amines) is 2. The number of Topliss-reactive ketones (excluding diaryl/α,β-unsaturated/α-hetero) is 1. The zero-order valence-corrected chi connectivity index (χ0v) is 49.1. The summed E-state index contributed by atoms with van der Waals surface area (Å²) >= 11 is 0. The van der Waals surface area contributed by atoms with Crippen LogP contribution in [0, 0.1) is 11.8 Å². The summed E-state index contributed by atoms with van der Waals surface area (Å²) in [6, 6.07) is 59.4. The lowest BCUT2D eigenvalue weighted by molar-refractivity contribution is -0.177. The monoisotopic (exact) mass is 1160 g/mol. The minimum absolute atomic E-state index is 0.0435. The highest BCUT2D eigenvalue weighted by atomic mass is 16.6. The number of piperidine rings is 2. The van der Waals surface area contributed by atoms with Gasteiger partial charge in [0.1, 0.15) is 43.4 Å². The van der Waals surface area contributed by atoms with E-state index < -0.39 is 42.5 Å². The van der Waals surface area contributed by atoms with Gasteiger partial charge in [0.25, 0.3) is 0 Å². The summed E-state index contributed by atoms with van der Waals surface area (Å²) in [7, 11) is 3.31. The Morgan fingerprint density at radius 3 is 1.38 bits per heavy atom. The second-order valence-electron chi connectivity index (χ2n) is 21.3. The van der Waals surface area contributed by atoms with Crippen molar-refractivity contribution in [3.05, 3.63) is 215 Å². The first-order valence-corrected chi connectivity index (χ1v) is 29.0. The molecular formula is C68H88N2O14. The average molecular weight is 1160 g/mol. The highest BCUT2D eigenvalue weighted by Gasteiger charge is 2.44. The number of aldehydes is 1. The van der Waals surface area contributed by atoms with Gasteiger partial charge in [-0.1, -0.05) is 196 Å². The molecule has 454 valence electrons. The number of nitrogens with zero attached hydrogens (tertiary/aromatic N) is 2. The quantitative estimate of drug-likeness (QED) is 0.0312. The van der Waals surface area contributed by atoms with Crippen molar-refractivity contribution in [2.24, 2.45) is 11.8 Å². The van der Waals surface area contributed by atoms with E-state index in [4.69, 9.17) is 43.0 Å². The number of rotatable bonds is 31. The minimum Gasteiger partial charge on any atom is -0.395 e. The zero-order chi connectivity index (χ0) is 59.7. The van der Waals surface area contributed by atoms with Gasteiger partial charge in [-0.05, 0) is 39.3 Å². The molecule has 2 heterocycles. The molecule has 6 aromatic rings. The third kappa shape index (κ3) is 22.5. The number of carbonyl (C=O) groups is 2. The van der Waals surface area contributed by atoms with E-state index in [0.717, 1.165) is 41.6 Å². The number of aliphatic hydroxyl groups excluding tert-OH is 4. The molecule has 0 saturated carbocycles. The Hall–Kier alpha value is -5.90. The van der Waals surface area contributed by atoms with E-state index in [0.29, 0.717) is 58.7 Å². The Morgan fingerprint density at radius 1 is 0.536 bits per heavy atom. The normalized spacial score (nSPS) is 21.9. The van der Waals surface area contributed by atoms with Crippen molar-refractivity contribution in [1.29, 1.82) is 0 Å². The van der Waals surface area contributed by atoms with Crippen LogP contribution in [0.4, 0.5) is 0 Å². The second kappa shape index (κ2) is 38.2. The molecule has 16 heteroatoms. The van der Waals surface area contributed by atoms with Crippen LogP contribution in [0.2, 0.25) is 0 Å².